The number of hydrogen-bond acceptors (Lipinski definition) is 4. The molecular formula is C17H28N2O2. The normalized spacial score (nSPS) is 21.4. The fraction of sp³-hybridized carbons (Fsp3) is 0.647. The number of benzene rings is 1. The Morgan fingerprint density at radius 2 is 2.19 bits per heavy atom. The summed E-state index contributed by atoms with van der Waals surface area (Å²) in [7, 11) is 5.96. The van der Waals surface area contributed by atoms with Gasteiger partial charge in [0, 0.05) is 25.2 Å². The van der Waals surface area contributed by atoms with E-state index in [9.17, 15) is 0 Å². The van der Waals surface area contributed by atoms with E-state index in [1.807, 2.05) is 14.0 Å². The molecule has 0 aromatic heterocycles. The van der Waals surface area contributed by atoms with Gasteiger partial charge in [-0.15, -0.1) is 0 Å². The Kier molecular flexibility index (Phi) is 6.03. The largest absolute Gasteiger partial charge is 0.497 e. The summed E-state index contributed by atoms with van der Waals surface area (Å²) in [6, 6.07) is 7.28. The van der Waals surface area contributed by atoms with Gasteiger partial charge in [-0.1, -0.05) is 6.07 Å². The van der Waals surface area contributed by atoms with Gasteiger partial charge in [0.15, 0.2) is 0 Å². The summed E-state index contributed by atoms with van der Waals surface area (Å²) >= 11 is 0. The van der Waals surface area contributed by atoms with Crippen molar-refractivity contribution in [3.05, 3.63) is 29.3 Å². The van der Waals surface area contributed by atoms with Crippen LogP contribution in [-0.2, 0) is 11.2 Å². The fourth-order valence-corrected chi connectivity index (χ4v) is 3.24. The highest BCUT2D eigenvalue weighted by Crippen LogP contribution is 2.34. The van der Waals surface area contributed by atoms with Crippen LogP contribution in [0.3, 0.4) is 0 Å². The molecule has 2 rings (SSSR count). The molecule has 0 saturated heterocycles. The van der Waals surface area contributed by atoms with Crippen molar-refractivity contribution < 1.29 is 9.47 Å². The third kappa shape index (κ3) is 3.76. The van der Waals surface area contributed by atoms with E-state index in [2.05, 4.69) is 35.5 Å². The van der Waals surface area contributed by atoms with E-state index < -0.39 is 0 Å². The van der Waals surface area contributed by atoms with Crippen LogP contribution in [0.2, 0.25) is 0 Å². The first-order chi connectivity index (χ1) is 10.2. The molecule has 21 heavy (non-hydrogen) atoms. The van der Waals surface area contributed by atoms with Crippen molar-refractivity contribution in [2.75, 3.05) is 41.0 Å². The topological polar surface area (TPSA) is 33.7 Å². The van der Waals surface area contributed by atoms with Crippen molar-refractivity contribution in [1.82, 2.24) is 10.2 Å². The maximum absolute atomic E-state index is 5.49. The summed E-state index contributed by atoms with van der Waals surface area (Å²) in [6.07, 6.45) is 2.30. The van der Waals surface area contributed by atoms with Gasteiger partial charge in [0.2, 0.25) is 0 Å². The van der Waals surface area contributed by atoms with Gasteiger partial charge in [0.05, 0.1) is 13.7 Å². The molecule has 0 spiro atoms. The predicted octanol–water partition coefficient (Wildman–Crippen LogP) is 2.24. The average Bonchev–Trinajstić information content (AvgIpc) is 2.53. The Labute approximate surface area is 128 Å². The van der Waals surface area contributed by atoms with Crippen LogP contribution in [0.1, 0.15) is 30.5 Å². The first-order valence-corrected chi connectivity index (χ1v) is 7.83. The van der Waals surface area contributed by atoms with E-state index >= 15 is 0 Å². The van der Waals surface area contributed by atoms with Gasteiger partial charge >= 0.3 is 0 Å². The Morgan fingerprint density at radius 1 is 1.38 bits per heavy atom. The summed E-state index contributed by atoms with van der Waals surface area (Å²) in [5, 5.41) is 3.49. The molecule has 0 heterocycles. The molecule has 0 radical (unpaired) electrons. The molecule has 0 amide bonds. The lowest BCUT2D eigenvalue weighted by Gasteiger charge is -2.39. The number of fused-ring (bicyclic) bond motifs is 1. The van der Waals surface area contributed by atoms with Crippen molar-refractivity contribution in [2.24, 2.45) is 0 Å². The molecule has 118 valence electrons. The molecule has 0 bridgehead atoms. The Bertz CT molecular complexity index is 450. The zero-order chi connectivity index (χ0) is 15.2. The van der Waals surface area contributed by atoms with Gasteiger partial charge in [-0.25, -0.2) is 0 Å². The van der Waals surface area contributed by atoms with E-state index in [1.54, 1.807) is 7.11 Å². The second-order valence-electron chi connectivity index (χ2n) is 5.61. The van der Waals surface area contributed by atoms with Crippen LogP contribution in [0.5, 0.6) is 5.75 Å². The molecule has 1 aromatic carbocycles. The average molecular weight is 292 g/mol. The highest BCUT2D eigenvalue weighted by atomic mass is 16.5. The van der Waals surface area contributed by atoms with E-state index in [-0.39, 0.29) is 0 Å². The maximum Gasteiger partial charge on any atom is 0.119 e. The second kappa shape index (κ2) is 7.78. The summed E-state index contributed by atoms with van der Waals surface area (Å²) in [5.74, 6) is 0.937. The summed E-state index contributed by atoms with van der Waals surface area (Å²) < 4.78 is 10.9. The maximum atomic E-state index is 5.49. The molecule has 4 heteroatoms. The molecule has 1 N–H and O–H groups in total. The minimum absolute atomic E-state index is 0.343. The monoisotopic (exact) mass is 292 g/mol. The molecule has 1 aliphatic rings. The van der Waals surface area contributed by atoms with Crippen LogP contribution < -0.4 is 10.1 Å². The highest BCUT2D eigenvalue weighted by molar-refractivity contribution is 5.40. The highest BCUT2D eigenvalue weighted by Gasteiger charge is 2.31. The number of hydrogen-bond donors (Lipinski definition) is 1. The predicted molar refractivity (Wildman–Crippen MR) is 86.0 cm³/mol. The van der Waals surface area contributed by atoms with Gasteiger partial charge in [-0.05, 0) is 57.1 Å². The third-order valence-electron chi connectivity index (χ3n) is 4.45. The molecular weight excluding hydrogens is 264 g/mol. The van der Waals surface area contributed by atoms with Gasteiger partial charge in [0.1, 0.15) is 5.75 Å². The zero-order valence-corrected chi connectivity index (χ0v) is 13.7. The number of methoxy groups -OCH3 is 1. The van der Waals surface area contributed by atoms with Gasteiger partial charge in [0.25, 0.3) is 0 Å². The lowest BCUT2D eigenvalue weighted by molar-refractivity contribution is 0.0929. The van der Waals surface area contributed by atoms with Crippen molar-refractivity contribution >= 4 is 0 Å². The lowest BCUT2D eigenvalue weighted by atomic mass is 9.83. The number of likely N-dealkylation sites (N-methyl/N-ethyl adjacent to an activating group) is 2. The smallest absolute Gasteiger partial charge is 0.119 e. The number of rotatable bonds is 7. The fourth-order valence-electron chi connectivity index (χ4n) is 3.24. The second-order valence-corrected chi connectivity index (χ2v) is 5.61. The van der Waals surface area contributed by atoms with Crippen LogP contribution in [0, 0.1) is 0 Å². The number of aryl methyl sites for hydroxylation is 1. The quantitative estimate of drug-likeness (QED) is 0.782. The Morgan fingerprint density at radius 3 is 2.86 bits per heavy atom. The lowest BCUT2D eigenvalue weighted by Crippen LogP contribution is -2.45. The van der Waals surface area contributed by atoms with Gasteiger partial charge in [-0.2, -0.15) is 0 Å². The molecule has 1 aliphatic carbocycles. The zero-order valence-electron chi connectivity index (χ0n) is 13.7. The molecule has 0 aliphatic heterocycles. The van der Waals surface area contributed by atoms with Crippen LogP contribution in [0.4, 0.5) is 0 Å². The molecule has 4 nitrogen and oxygen atoms in total. The first-order valence-electron chi connectivity index (χ1n) is 7.83. The molecule has 2 atom stereocenters. The van der Waals surface area contributed by atoms with E-state index in [1.165, 1.54) is 17.5 Å². The van der Waals surface area contributed by atoms with Crippen molar-refractivity contribution in [1.29, 1.82) is 0 Å². The summed E-state index contributed by atoms with van der Waals surface area (Å²) in [5.41, 5.74) is 2.81. The molecule has 2 unspecified atom stereocenters. The molecule has 1 aromatic rings. The standard InChI is InChI=1S/C17H28N2O2/c1-5-21-11-10-19(3)16-9-7-13-6-8-14(20-4)12-15(13)17(16)18-2/h6,8,12,16-18H,5,7,9-11H2,1-4H3. The Hall–Kier alpha value is -1.10. The number of nitrogens with zero attached hydrogens (tertiary/aromatic N) is 1. The van der Waals surface area contributed by atoms with Crippen LogP contribution >= 0.6 is 0 Å². The summed E-state index contributed by atoms with van der Waals surface area (Å²) in [6.45, 7) is 4.59. The van der Waals surface area contributed by atoms with Crippen LogP contribution in [0.15, 0.2) is 18.2 Å². The van der Waals surface area contributed by atoms with Gasteiger partial charge in [-0.3, -0.25) is 4.90 Å². The van der Waals surface area contributed by atoms with E-state index in [0.717, 1.165) is 31.9 Å². The van der Waals surface area contributed by atoms with Crippen LogP contribution in [0.25, 0.3) is 0 Å². The number of nitrogens with one attached hydrogen (secondary N) is 1. The van der Waals surface area contributed by atoms with E-state index in [0.29, 0.717) is 12.1 Å². The Balaban J connectivity index is 2.14. The number of ether oxygens (including phenoxy) is 2. The molecule has 0 fully saturated rings. The van der Waals surface area contributed by atoms with Crippen LogP contribution in [-0.4, -0.2) is 51.9 Å². The van der Waals surface area contributed by atoms with Gasteiger partial charge < -0.3 is 14.8 Å². The van der Waals surface area contributed by atoms with Crippen molar-refractivity contribution in [3.63, 3.8) is 0 Å². The molecule has 0 saturated carbocycles. The van der Waals surface area contributed by atoms with Crippen molar-refractivity contribution in [3.8, 4) is 5.75 Å². The van der Waals surface area contributed by atoms with E-state index in [4.69, 9.17) is 9.47 Å². The third-order valence-corrected chi connectivity index (χ3v) is 4.45. The summed E-state index contributed by atoms with van der Waals surface area (Å²) in [4.78, 5) is 2.42. The first kappa shape index (κ1) is 16.3. The SMILES string of the molecule is CCOCCN(C)C1CCc2ccc(OC)cc2C1NC. The van der Waals surface area contributed by atoms with Crippen molar-refractivity contribution in [2.45, 2.75) is 31.8 Å². The minimum atomic E-state index is 0.343. The minimum Gasteiger partial charge on any atom is -0.497 e.